The highest BCUT2D eigenvalue weighted by Crippen LogP contribution is 2.23. The van der Waals surface area contributed by atoms with Crippen molar-refractivity contribution in [1.29, 1.82) is 0 Å². The van der Waals surface area contributed by atoms with Gasteiger partial charge in [0.1, 0.15) is 0 Å². The molecule has 1 N–H and O–H groups in total. The average molecular weight is 301 g/mol. The van der Waals surface area contributed by atoms with E-state index in [9.17, 15) is 0 Å². The zero-order valence-corrected chi connectivity index (χ0v) is 12.3. The summed E-state index contributed by atoms with van der Waals surface area (Å²) < 4.78 is 0. The van der Waals surface area contributed by atoms with E-state index in [1.54, 1.807) is 11.3 Å². The van der Waals surface area contributed by atoms with Crippen molar-refractivity contribution in [2.45, 2.75) is 18.9 Å². The SMILES string of the molecule is CNC(Cc1ccc(Cl)c(Cl)c1)Cc1nccs1. The first kappa shape index (κ1) is 13.8. The molecule has 0 saturated heterocycles. The maximum absolute atomic E-state index is 6.02. The molecular weight excluding hydrogens is 287 g/mol. The van der Waals surface area contributed by atoms with Crippen LogP contribution in [0.1, 0.15) is 10.6 Å². The molecule has 1 aromatic heterocycles. The Labute approximate surface area is 121 Å². The largest absolute Gasteiger partial charge is 0.316 e. The fraction of sp³-hybridized carbons (Fsp3) is 0.308. The van der Waals surface area contributed by atoms with Crippen LogP contribution in [-0.4, -0.2) is 18.1 Å². The topological polar surface area (TPSA) is 24.9 Å². The third-order valence-corrected chi connectivity index (χ3v) is 4.32. The molecular formula is C13H14Cl2N2S. The molecule has 0 spiro atoms. The maximum atomic E-state index is 6.02. The van der Waals surface area contributed by atoms with Crippen LogP contribution < -0.4 is 5.32 Å². The van der Waals surface area contributed by atoms with E-state index < -0.39 is 0 Å². The van der Waals surface area contributed by atoms with Gasteiger partial charge in [-0.3, -0.25) is 0 Å². The molecule has 0 fully saturated rings. The predicted molar refractivity (Wildman–Crippen MR) is 78.8 cm³/mol. The van der Waals surface area contributed by atoms with Crippen LogP contribution in [0.2, 0.25) is 10.0 Å². The number of likely N-dealkylation sites (N-methyl/N-ethyl adjacent to an activating group) is 1. The highest BCUT2D eigenvalue weighted by Gasteiger charge is 2.11. The highest BCUT2D eigenvalue weighted by molar-refractivity contribution is 7.09. The van der Waals surface area contributed by atoms with Crippen LogP contribution in [0.15, 0.2) is 29.8 Å². The van der Waals surface area contributed by atoms with Crippen molar-refractivity contribution >= 4 is 34.5 Å². The van der Waals surface area contributed by atoms with Gasteiger partial charge >= 0.3 is 0 Å². The van der Waals surface area contributed by atoms with E-state index in [2.05, 4.69) is 10.3 Å². The van der Waals surface area contributed by atoms with E-state index in [4.69, 9.17) is 23.2 Å². The molecule has 0 bridgehead atoms. The first-order valence-corrected chi connectivity index (χ1v) is 7.32. The minimum Gasteiger partial charge on any atom is -0.316 e. The molecule has 0 radical (unpaired) electrons. The van der Waals surface area contributed by atoms with Gasteiger partial charge in [0.15, 0.2) is 0 Å². The molecule has 2 aromatic rings. The molecule has 18 heavy (non-hydrogen) atoms. The Morgan fingerprint density at radius 3 is 2.72 bits per heavy atom. The molecule has 0 aliphatic rings. The van der Waals surface area contributed by atoms with Gasteiger partial charge in [-0.15, -0.1) is 11.3 Å². The van der Waals surface area contributed by atoms with E-state index in [0.29, 0.717) is 16.1 Å². The third-order valence-electron chi connectivity index (χ3n) is 2.78. The van der Waals surface area contributed by atoms with Gasteiger partial charge in [0.2, 0.25) is 0 Å². The van der Waals surface area contributed by atoms with Crippen molar-refractivity contribution in [3.63, 3.8) is 0 Å². The average Bonchev–Trinajstić information content (AvgIpc) is 2.86. The highest BCUT2D eigenvalue weighted by atomic mass is 35.5. The monoisotopic (exact) mass is 300 g/mol. The first-order chi connectivity index (χ1) is 8.69. The van der Waals surface area contributed by atoms with E-state index in [1.165, 1.54) is 5.56 Å². The van der Waals surface area contributed by atoms with Crippen LogP contribution in [0.4, 0.5) is 0 Å². The number of nitrogens with one attached hydrogen (secondary N) is 1. The summed E-state index contributed by atoms with van der Waals surface area (Å²) in [5, 5.41) is 7.67. The van der Waals surface area contributed by atoms with Crippen molar-refractivity contribution in [2.24, 2.45) is 0 Å². The zero-order chi connectivity index (χ0) is 13.0. The van der Waals surface area contributed by atoms with Gasteiger partial charge < -0.3 is 5.32 Å². The van der Waals surface area contributed by atoms with Crippen LogP contribution in [0.3, 0.4) is 0 Å². The van der Waals surface area contributed by atoms with E-state index >= 15 is 0 Å². The summed E-state index contributed by atoms with van der Waals surface area (Å²) >= 11 is 13.6. The van der Waals surface area contributed by atoms with Crippen molar-refractivity contribution < 1.29 is 0 Å². The summed E-state index contributed by atoms with van der Waals surface area (Å²) in [6, 6.07) is 6.14. The van der Waals surface area contributed by atoms with E-state index in [0.717, 1.165) is 17.8 Å². The van der Waals surface area contributed by atoms with Crippen LogP contribution >= 0.6 is 34.5 Å². The van der Waals surface area contributed by atoms with Gasteiger partial charge in [-0.05, 0) is 31.2 Å². The van der Waals surface area contributed by atoms with Crippen molar-refractivity contribution in [3.05, 3.63) is 50.4 Å². The molecule has 0 aliphatic heterocycles. The maximum Gasteiger partial charge on any atom is 0.0940 e. The minimum absolute atomic E-state index is 0.355. The zero-order valence-electron chi connectivity index (χ0n) is 9.99. The van der Waals surface area contributed by atoms with Crippen molar-refractivity contribution in [1.82, 2.24) is 10.3 Å². The molecule has 1 heterocycles. The van der Waals surface area contributed by atoms with Crippen LogP contribution in [-0.2, 0) is 12.8 Å². The fourth-order valence-corrected chi connectivity index (χ4v) is 2.81. The molecule has 0 saturated carbocycles. The summed E-state index contributed by atoms with van der Waals surface area (Å²) in [5.41, 5.74) is 1.18. The Morgan fingerprint density at radius 2 is 2.11 bits per heavy atom. The number of nitrogens with zero attached hydrogens (tertiary/aromatic N) is 1. The van der Waals surface area contributed by atoms with Crippen LogP contribution in [0, 0.1) is 0 Å². The van der Waals surface area contributed by atoms with Crippen LogP contribution in [0.5, 0.6) is 0 Å². The summed E-state index contributed by atoms with van der Waals surface area (Å²) in [6.07, 6.45) is 3.67. The standard InChI is InChI=1S/C13H14Cl2N2S/c1-16-10(8-13-17-4-5-18-13)6-9-2-3-11(14)12(15)7-9/h2-5,7,10,16H,6,8H2,1H3. The summed E-state index contributed by atoms with van der Waals surface area (Å²) in [5.74, 6) is 0. The fourth-order valence-electron chi connectivity index (χ4n) is 1.79. The molecule has 1 atom stereocenters. The second kappa shape index (κ2) is 6.53. The number of hydrogen-bond acceptors (Lipinski definition) is 3. The Bertz CT molecular complexity index is 500. The quantitative estimate of drug-likeness (QED) is 0.908. The lowest BCUT2D eigenvalue weighted by atomic mass is 10.0. The van der Waals surface area contributed by atoms with Gasteiger partial charge in [0, 0.05) is 24.0 Å². The molecule has 0 amide bonds. The molecule has 1 aromatic carbocycles. The Balaban J connectivity index is 2.03. The number of rotatable bonds is 5. The van der Waals surface area contributed by atoms with Gasteiger partial charge in [-0.2, -0.15) is 0 Å². The molecule has 2 rings (SSSR count). The number of aromatic nitrogens is 1. The van der Waals surface area contributed by atoms with E-state index in [-0.39, 0.29) is 0 Å². The minimum atomic E-state index is 0.355. The van der Waals surface area contributed by atoms with Crippen LogP contribution in [0.25, 0.3) is 0 Å². The smallest absolute Gasteiger partial charge is 0.0940 e. The Hall–Kier alpha value is -0.610. The second-order valence-electron chi connectivity index (χ2n) is 4.07. The lowest BCUT2D eigenvalue weighted by Crippen LogP contribution is -2.29. The molecule has 0 aliphatic carbocycles. The lowest BCUT2D eigenvalue weighted by Gasteiger charge is -2.15. The molecule has 1 unspecified atom stereocenters. The number of hydrogen-bond donors (Lipinski definition) is 1. The predicted octanol–water partition coefficient (Wildman–Crippen LogP) is 3.82. The summed E-state index contributed by atoms with van der Waals surface area (Å²) in [4.78, 5) is 4.31. The van der Waals surface area contributed by atoms with Gasteiger partial charge in [0.05, 0.1) is 15.1 Å². The van der Waals surface area contributed by atoms with Gasteiger partial charge in [-0.25, -0.2) is 4.98 Å². The molecule has 2 nitrogen and oxygen atoms in total. The van der Waals surface area contributed by atoms with Crippen molar-refractivity contribution in [2.75, 3.05) is 7.05 Å². The first-order valence-electron chi connectivity index (χ1n) is 5.68. The van der Waals surface area contributed by atoms with Gasteiger partial charge in [-0.1, -0.05) is 29.3 Å². The summed E-state index contributed by atoms with van der Waals surface area (Å²) in [7, 11) is 1.97. The Morgan fingerprint density at radius 1 is 1.28 bits per heavy atom. The van der Waals surface area contributed by atoms with Gasteiger partial charge in [0.25, 0.3) is 0 Å². The van der Waals surface area contributed by atoms with E-state index in [1.807, 2.05) is 36.8 Å². The number of halogens is 2. The Kier molecular flexibility index (Phi) is 5.01. The number of benzene rings is 1. The second-order valence-corrected chi connectivity index (χ2v) is 5.86. The summed E-state index contributed by atoms with van der Waals surface area (Å²) in [6.45, 7) is 0. The number of thiazole rings is 1. The lowest BCUT2D eigenvalue weighted by molar-refractivity contribution is 0.555. The normalized spacial score (nSPS) is 12.6. The third kappa shape index (κ3) is 3.69. The molecule has 96 valence electrons. The molecule has 5 heteroatoms. The van der Waals surface area contributed by atoms with Crippen molar-refractivity contribution in [3.8, 4) is 0 Å².